The lowest BCUT2D eigenvalue weighted by atomic mass is 9.85. The summed E-state index contributed by atoms with van der Waals surface area (Å²) < 4.78 is 13.1. The molecule has 3 fully saturated rings. The number of benzene rings is 3. The fraction of sp³-hybridized carbons (Fsp3) is 0.432. The number of carbonyl (C=O) groups excluding carboxylic acids is 2. The van der Waals surface area contributed by atoms with Gasteiger partial charge in [-0.25, -0.2) is 0 Å². The molecule has 3 atom stereocenters. The highest BCUT2D eigenvalue weighted by Crippen LogP contribution is 2.40. The number of aliphatic hydroxyl groups is 1. The summed E-state index contributed by atoms with van der Waals surface area (Å²) in [4.78, 5) is 40.6. The molecule has 0 unspecified atom stereocenters. The van der Waals surface area contributed by atoms with E-state index in [9.17, 15) is 19.5 Å². The Bertz CT molecular complexity index is 1540. The molecule has 3 aliphatic heterocycles. The van der Waals surface area contributed by atoms with Gasteiger partial charge in [0.1, 0.15) is 5.54 Å². The third-order valence-electron chi connectivity index (χ3n) is 9.70. The Balaban J connectivity index is 1.11. The second kappa shape index (κ2) is 15.3. The normalized spacial score (nSPS) is 22.4. The van der Waals surface area contributed by atoms with E-state index in [2.05, 4.69) is 32.6 Å². The second-order valence-corrected chi connectivity index (χ2v) is 12.9. The summed E-state index contributed by atoms with van der Waals surface area (Å²) in [6.45, 7) is 3.09. The fourth-order valence-electron chi connectivity index (χ4n) is 6.94. The Morgan fingerprint density at radius 3 is 2.27 bits per heavy atom. The maximum absolute atomic E-state index is 13.2. The topological polar surface area (TPSA) is 141 Å². The molecule has 3 aromatic carbocycles. The highest BCUT2D eigenvalue weighted by atomic mass is 16.7. The van der Waals surface area contributed by atoms with Crippen LogP contribution in [0.1, 0.15) is 73.2 Å². The first-order valence-corrected chi connectivity index (χ1v) is 16.7. The molecule has 1 spiro atoms. The Labute approximate surface area is 280 Å². The largest absolute Gasteiger partial charge is 0.481 e. The summed E-state index contributed by atoms with van der Waals surface area (Å²) in [5.74, 6) is -0.988. The van der Waals surface area contributed by atoms with Gasteiger partial charge < -0.3 is 40.1 Å². The molecule has 0 saturated carbocycles. The van der Waals surface area contributed by atoms with E-state index in [1.54, 1.807) is 0 Å². The number of hydrogen-bond acceptors (Lipinski definition) is 8. The van der Waals surface area contributed by atoms with Gasteiger partial charge in [0.05, 0.1) is 25.5 Å². The lowest BCUT2D eigenvalue weighted by Gasteiger charge is -2.45. The Morgan fingerprint density at radius 1 is 0.896 bits per heavy atom. The number of anilines is 1. The number of likely N-dealkylation sites (tertiary alicyclic amines) is 1. The van der Waals surface area contributed by atoms with Gasteiger partial charge in [0, 0.05) is 56.7 Å². The van der Waals surface area contributed by atoms with Crippen LogP contribution in [0, 0.1) is 0 Å². The SMILES string of the molecule is O=C(O)CCCC(=O)NCc1ccc([C@@H]2O[C@H](CN3CCC4(CC3)C(=O)NCN4c3ccccc3)C[C@H](c3ccc(CO)cc3)O2)cc1. The number of aliphatic hydroxyl groups excluding tert-OH is 1. The van der Waals surface area contributed by atoms with Crippen molar-refractivity contribution in [2.75, 3.05) is 31.2 Å². The van der Waals surface area contributed by atoms with Crippen molar-refractivity contribution < 1.29 is 34.1 Å². The maximum Gasteiger partial charge on any atom is 0.303 e. The average Bonchev–Trinajstić information content (AvgIpc) is 3.43. The van der Waals surface area contributed by atoms with Crippen LogP contribution >= 0.6 is 0 Å². The lowest BCUT2D eigenvalue weighted by Crippen LogP contribution is -2.57. The van der Waals surface area contributed by atoms with Crippen molar-refractivity contribution in [2.45, 2.75) is 75.7 Å². The van der Waals surface area contributed by atoms with Gasteiger partial charge in [0.15, 0.2) is 6.29 Å². The smallest absolute Gasteiger partial charge is 0.303 e. The summed E-state index contributed by atoms with van der Waals surface area (Å²) >= 11 is 0. The van der Waals surface area contributed by atoms with Gasteiger partial charge in [-0.15, -0.1) is 0 Å². The molecule has 11 heteroatoms. The highest BCUT2D eigenvalue weighted by molar-refractivity contribution is 5.93. The minimum atomic E-state index is -0.908. The number of rotatable bonds is 12. The van der Waals surface area contributed by atoms with Gasteiger partial charge in [0.2, 0.25) is 11.8 Å². The zero-order valence-corrected chi connectivity index (χ0v) is 27.1. The summed E-state index contributed by atoms with van der Waals surface area (Å²) in [6.07, 6.45) is 1.64. The third kappa shape index (κ3) is 7.87. The van der Waals surface area contributed by atoms with Crippen LogP contribution in [0.5, 0.6) is 0 Å². The first-order valence-electron chi connectivity index (χ1n) is 16.7. The molecule has 11 nitrogen and oxygen atoms in total. The molecule has 0 aromatic heterocycles. The summed E-state index contributed by atoms with van der Waals surface area (Å²) in [6, 6.07) is 25.7. The molecule has 254 valence electrons. The van der Waals surface area contributed by atoms with Crippen molar-refractivity contribution in [2.24, 2.45) is 0 Å². The molecule has 0 radical (unpaired) electrons. The number of hydrogen-bond donors (Lipinski definition) is 4. The van der Waals surface area contributed by atoms with Crippen molar-refractivity contribution in [1.29, 1.82) is 0 Å². The number of para-hydroxylation sites is 1. The molecule has 2 amide bonds. The van der Waals surface area contributed by atoms with Gasteiger partial charge in [0.25, 0.3) is 0 Å². The van der Waals surface area contributed by atoms with Crippen molar-refractivity contribution in [1.82, 2.24) is 15.5 Å². The van der Waals surface area contributed by atoms with Crippen LogP contribution in [-0.2, 0) is 37.0 Å². The third-order valence-corrected chi connectivity index (χ3v) is 9.70. The highest BCUT2D eigenvalue weighted by Gasteiger charge is 2.50. The quantitative estimate of drug-likeness (QED) is 0.228. The van der Waals surface area contributed by atoms with E-state index in [-0.39, 0.29) is 43.5 Å². The molecular formula is C37H44N4O7. The van der Waals surface area contributed by atoms with Gasteiger partial charge >= 0.3 is 5.97 Å². The number of carboxylic acids is 1. The number of aliphatic carboxylic acids is 1. The van der Waals surface area contributed by atoms with E-state index in [1.807, 2.05) is 66.7 Å². The monoisotopic (exact) mass is 656 g/mol. The number of nitrogens with one attached hydrogen (secondary N) is 2. The number of piperidine rings is 1. The van der Waals surface area contributed by atoms with Crippen LogP contribution in [0.4, 0.5) is 5.69 Å². The van der Waals surface area contributed by atoms with Gasteiger partial charge in [-0.3, -0.25) is 14.4 Å². The molecule has 4 N–H and O–H groups in total. The molecule has 3 aromatic rings. The van der Waals surface area contributed by atoms with E-state index in [4.69, 9.17) is 14.6 Å². The molecule has 0 bridgehead atoms. The number of amides is 2. The number of nitrogens with zero attached hydrogens (tertiary/aromatic N) is 2. The molecule has 6 rings (SSSR count). The number of carbonyl (C=O) groups is 3. The summed E-state index contributed by atoms with van der Waals surface area (Å²) in [7, 11) is 0. The molecule has 48 heavy (non-hydrogen) atoms. The van der Waals surface area contributed by atoms with E-state index in [0.717, 1.165) is 53.9 Å². The predicted molar refractivity (Wildman–Crippen MR) is 179 cm³/mol. The van der Waals surface area contributed by atoms with E-state index in [0.29, 0.717) is 32.6 Å². The zero-order valence-electron chi connectivity index (χ0n) is 27.1. The van der Waals surface area contributed by atoms with Crippen LogP contribution in [0.15, 0.2) is 78.9 Å². The molecule has 0 aliphatic carbocycles. The summed E-state index contributed by atoms with van der Waals surface area (Å²) in [5, 5.41) is 24.3. The molecule has 3 aliphatic rings. The first-order chi connectivity index (χ1) is 23.3. The van der Waals surface area contributed by atoms with Crippen LogP contribution in [0.25, 0.3) is 0 Å². The minimum absolute atomic E-state index is 0.0223. The van der Waals surface area contributed by atoms with E-state index < -0.39 is 17.8 Å². The van der Waals surface area contributed by atoms with Crippen molar-refractivity contribution in [3.63, 3.8) is 0 Å². The zero-order chi connectivity index (χ0) is 33.5. The Morgan fingerprint density at radius 2 is 1.58 bits per heavy atom. The Kier molecular flexibility index (Phi) is 10.7. The van der Waals surface area contributed by atoms with Gasteiger partial charge in [-0.2, -0.15) is 0 Å². The predicted octanol–water partition coefficient (Wildman–Crippen LogP) is 4.02. The van der Waals surface area contributed by atoms with Crippen molar-refractivity contribution in [3.05, 3.63) is 101 Å². The van der Waals surface area contributed by atoms with Crippen LogP contribution < -0.4 is 15.5 Å². The number of carboxylic acid groups (broad SMARTS) is 1. The fourth-order valence-corrected chi connectivity index (χ4v) is 6.94. The van der Waals surface area contributed by atoms with Gasteiger partial charge in [-0.05, 0) is 48.1 Å². The first kappa shape index (κ1) is 33.6. The summed E-state index contributed by atoms with van der Waals surface area (Å²) in [5.41, 5.74) is 4.15. The standard InChI is InChI=1S/C37H44N4O7/c42-24-27-11-13-28(14-12-27)32-21-31(23-40-19-17-37(18-20-40)36(46)39-25-41(37)30-5-2-1-3-6-30)47-35(48-32)29-15-9-26(10-16-29)22-38-33(43)7-4-8-34(44)45/h1-3,5-6,9-16,31-32,35,42H,4,7-8,17-25H2,(H,38,43)(H,39,46)(H,44,45)/t31-,32+,35+/m0/s1. The molecule has 3 heterocycles. The average molecular weight is 657 g/mol. The van der Waals surface area contributed by atoms with E-state index >= 15 is 0 Å². The van der Waals surface area contributed by atoms with E-state index in [1.165, 1.54) is 0 Å². The maximum atomic E-state index is 13.2. The van der Waals surface area contributed by atoms with Crippen LogP contribution in [0.2, 0.25) is 0 Å². The Hall–Kier alpha value is -4.29. The van der Waals surface area contributed by atoms with Crippen LogP contribution in [0.3, 0.4) is 0 Å². The van der Waals surface area contributed by atoms with Gasteiger partial charge in [-0.1, -0.05) is 66.7 Å². The number of ether oxygens (including phenoxy) is 2. The van der Waals surface area contributed by atoms with Crippen molar-refractivity contribution >= 4 is 23.5 Å². The molecular weight excluding hydrogens is 612 g/mol. The molecule has 3 saturated heterocycles. The second-order valence-electron chi connectivity index (χ2n) is 12.9. The lowest BCUT2D eigenvalue weighted by molar-refractivity contribution is -0.253. The van der Waals surface area contributed by atoms with Crippen LogP contribution in [-0.4, -0.2) is 70.8 Å². The minimum Gasteiger partial charge on any atom is -0.481 e. The van der Waals surface area contributed by atoms with Crippen molar-refractivity contribution in [3.8, 4) is 0 Å².